The smallest absolute Gasteiger partial charge is 0.252 e. The molecule has 2 heterocycles. The summed E-state index contributed by atoms with van der Waals surface area (Å²) in [6, 6.07) is 0. The molecule has 0 aromatic heterocycles. The van der Waals surface area contributed by atoms with Crippen molar-refractivity contribution in [3.05, 3.63) is 69.1 Å². The highest BCUT2D eigenvalue weighted by atomic mass is 16.2. The van der Waals surface area contributed by atoms with Gasteiger partial charge in [-0.3, -0.25) is 19.4 Å². The quantitative estimate of drug-likeness (QED) is 0.677. The van der Waals surface area contributed by atoms with Crippen molar-refractivity contribution < 1.29 is 14.4 Å². The average Bonchev–Trinajstić information content (AvgIpc) is 3.28. The lowest BCUT2D eigenvalue weighted by Gasteiger charge is -2.19. The number of amides is 1. The third-order valence-electron chi connectivity index (χ3n) is 5.72. The Morgan fingerprint density at radius 2 is 1.42 bits per heavy atom. The summed E-state index contributed by atoms with van der Waals surface area (Å²) in [5.74, 6) is -0.478. The first-order chi connectivity index (χ1) is 14.8. The van der Waals surface area contributed by atoms with Crippen LogP contribution in [0, 0.1) is 0 Å². The lowest BCUT2D eigenvalue weighted by atomic mass is 9.85. The molecule has 2 aliphatic heterocycles. The lowest BCUT2D eigenvalue weighted by Crippen LogP contribution is -2.21. The molecule has 31 heavy (non-hydrogen) atoms. The van der Waals surface area contributed by atoms with E-state index >= 15 is 0 Å². The van der Waals surface area contributed by atoms with Gasteiger partial charge in [-0.25, -0.2) is 0 Å². The number of hydrogen-bond acceptors (Lipinski definition) is 6. The fraction of sp³-hybridized carbons (Fsp3) is 0.333. The van der Waals surface area contributed by atoms with E-state index in [0.29, 0.717) is 46.7 Å². The first kappa shape index (κ1) is 21.1. The zero-order chi connectivity index (χ0) is 22.3. The van der Waals surface area contributed by atoms with Gasteiger partial charge in [0.25, 0.3) is 5.91 Å². The summed E-state index contributed by atoms with van der Waals surface area (Å²) in [7, 11) is 7.84. The van der Waals surface area contributed by atoms with Gasteiger partial charge in [0.15, 0.2) is 11.6 Å². The summed E-state index contributed by atoms with van der Waals surface area (Å²) in [6.07, 6.45) is 9.46. The van der Waals surface area contributed by atoms with Crippen LogP contribution in [0.15, 0.2) is 74.1 Å². The number of fused-ring (bicyclic) bond motifs is 2. The Kier molecular flexibility index (Phi) is 5.56. The predicted molar refractivity (Wildman–Crippen MR) is 119 cm³/mol. The summed E-state index contributed by atoms with van der Waals surface area (Å²) in [4.78, 5) is 46.6. The molecule has 1 amide bonds. The van der Waals surface area contributed by atoms with Crippen LogP contribution in [0.1, 0.15) is 12.8 Å². The topological polar surface area (TPSA) is 82.1 Å². The fourth-order valence-electron chi connectivity index (χ4n) is 4.09. The maximum absolute atomic E-state index is 12.7. The molecule has 7 heteroatoms. The Labute approximate surface area is 181 Å². The van der Waals surface area contributed by atoms with E-state index in [0.717, 1.165) is 24.1 Å². The van der Waals surface area contributed by atoms with E-state index in [9.17, 15) is 14.4 Å². The summed E-state index contributed by atoms with van der Waals surface area (Å²) < 4.78 is 0. The molecule has 0 aromatic carbocycles. The number of carbonyl (C=O) groups excluding carboxylic acids is 3. The van der Waals surface area contributed by atoms with Crippen molar-refractivity contribution in [1.82, 2.24) is 15.1 Å². The predicted octanol–water partition coefficient (Wildman–Crippen LogP) is 1.48. The molecule has 0 aromatic rings. The first-order valence-corrected chi connectivity index (χ1v) is 10.3. The minimum Gasteiger partial charge on any atom is -0.321 e. The largest absolute Gasteiger partial charge is 0.321 e. The van der Waals surface area contributed by atoms with E-state index in [1.807, 2.05) is 33.1 Å². The van der Waals surface area contributed by atoms with Crippen LogP contribution in [0.5, 0.6) is 0 Å². The Hall–Kier alpha value is -3.16. The number of nitrogens with zero attached hydrogens (tertiary/aromatic N) is 3. The first-order valence-electron chi connectivity index (χ1n) is 10.3. The Morgan fingerprint density at radius 1 is 0.806 bits per heavy atom. The molecule has 0 saturated heterocycles. The molecule has 7 nitrogen and oxygen atoms in total. The Balaban J connectivity index is 1.80. The summed E-state index contributed by atoms with van der Waals surface area (Å²) in [5, 5.41) is 2.90. The Morgan fingerprint density at radius 3 is 2.10 bits per heavy atom. The van der Waals surface area contributed by atoms with Gasteiger partial charge in [-0.15, -0.1) is 0 Å². The second kappa shape index (κ2) is 8.17. The van der Waals surface area contributed by atoms with E-state index in [2.05, 4.69) is 15.2 Å². The molecule has 0 radical (unpaired) electrons. The van der Waals surface area contributed by atoms with Crippen LogP contribution in [0.4, 0.5) is 0 Å². The van der Waals surface area contributed by atoms with Gasteiger partial charge in [-0.05, 0) is 70.9 Å². The maximum atomic E-state index is 12.7. The van der Waals surface area contributed by atoms with E-state index in [-0.39, 0.29) is 17.5 Å². The minimum atomic E-state index is -0.236. The molecule has 160 valence electrons. The number of allylic oxidation sites excluding steroid dienone is 8. The lowest BCUT2D eigenvalue weighted by molar-refractivity contribution is -0.116. The number of ketones is 2. The van der Waals surface area contributed by atoms with Gasteiger partial charge in [-0.2, -0.15) is 0 Å². The molecule has 2 aliphatic carbocycles. The highest BCUT2D eigenvalue weighted by molar-refractivity contribution is 6.20. The Bertz CT molecular complexity index is 1110. The third-order valence-corrected chi connectivity index (χ3v) is 5.72. The van der Waals surface area contributed by atoms with Crippen LogP contribution in [-0.4, -0.2) is 74.8 Å². The summed E-state index contributed by atoms with van der Waals surface area (Å²) in [5.41, 5.74) is 5.05. The molecule has 0 atom stereocenters. The zero-order valence-corrected chi connectivity index (χ0v) is 18.3. The fourth-order valence-corrected chi connectivity index (χ4v) is 4.09. The van der Waals surface area contributed by atoms with Crippen molar-refractivity contribution in [1.29, 1.82) is 0 Å². The molecular weight excluding hydrogens is 392 g/mol. The number of aliphatic imine (C=N–C) groups is 1. The van der Waals surface area contributed by atoms with Gasteiger partial charge in [-0.1, -0.05) is 0 Å². The molecule has 0 fully saturated rings. The van der Waals surface area contributed by atoms with Crippen LogP contribution in [0.3, 0.4) is 0 Å². The molecule has 0 bridgehead atoms. The van der Waals surface area contributed by atoms with E-state index in [4.69, 9.17) is 0 Å². The second-order valence-electron chi connectivity index (χ2n) is 8.52. The molecule has 0 unspecified atom stereocenters. The van der Waals surface area contributed by atoms with E-state index < -0.39 is 0 Å². The van der Waals surface area contributed by atoms with Gasteiger partial charge in [0.05, 0.1) is 22.5 Å². The molecule has 1 N–H and O–H groups in total. The standard InChI is InChI=1S/C24H26N4O3/c1-27(2)11-9-14-13-25-22-15(5-7-18(29)20(14)22)16-6-8-19(30)21-17(10-12-28(3)4)24(31)26-23(16)21/h5-8,13H,9-12H2,1-4H3,(H,26,31). The molecule has 4 rings (SSSR count). The van der Waals surface area contributed by atoms with Crippen molar-refractivity contribution in [2.75, 3.05) is 41.3 Å². The summed E-state index contributed by atoms with van der Waals surface area (Å²) >= 11 is 0. The van der Waals surface area contributed by atoms with Gasteiger partial charge >= 0.3 is 0 Å². The molecule has 0 saturated carbocycles. The highest BCUT2D eigenvalue weighted by Crippen LogP contribution is 2.39. The number of carbonyl (C=O) groups is 3. The second-order valence-corrected chi connectivity index (χ2v) is 8.52. The van der Waals surface area contributed by atoms with Crippen LogP contribution in [-0.2, 0) is 14.4 Å². The van der Waals surface area contributed by atoms with Gasteiger partial charge in [0.1, 0.15) is 0 Å². The van der Waals surface area contributed by atoms with Crippen LogP contribution in [0.25, 0.3) is 0 Å². The average molecular weight is 418 g/mol. The van der Waals surface area contributed by atoms with Crippen LogP contribution >= 0.6 is 0 Å². The third kappa shape index (κ3) is 3.82. The van der Waals surface area contributed by atoms with Crippen LogP contribution in [0.2, 0.25) is 0 Å². The van der Waals surface area contributed by atoms with Gasteiger partial charge < -0.3 is 15.1 Å². The SMILES string of the molecule is CN(C)CCC1=C2C(=O)C=CC(C3=C4NC(=O)C(CCN(C)C)=C4C(=O)C=C3)=C2N=C1. The van der Waals surface area contributed by atoms with Crippen molar-refractivity contribution in [2.45, 2.75) is 12.8 Å². The normalized spacial score (nSPS) is 20.3. The molecule has 0 spiro atoms. The maximum Gasteiger partial charge on any atom is 0.252 e. The highest BCUT2D eigenvalue weighted by Gasteiger charge is 2.36. The van der Waals surface area contributed by atoms with Crippen molar-refractivity contribution in [3.8, 4) is 0 Å². The van der Waals surface area contributed by atoms with Gasteiger partial charge in [0.2, 0.25) is 0 Å². The summed E-state index contributed by atoms with van der Waals surface area (Å²) in [6.45, 7) is 1.48. The number of hydrogen-bond donors (Lipinski definition) is 1. The van der Waals surface area contributed by atoms with E-state index in [1.54, 1.807) is 24.4 Å². The number of nitrogens with one attached hydrogen (secondary N) is 1. The zero-order valence-electron chi connectivity index (χ0n) is 18.3. The monoisotopic (exact) mass is 418 g/mol. The molecule has 4 aliphatic rings. The van der Waals surface area contributed by atoms with Crippen LogP contribution < -0.4 is 5.32 Å². The van der Waals surface area contributed by atoms with E-state index in [1.165, 1.54) is 6.08 Å². The van der Waals surface area contributed by atoms with Crippen molar-refractivity contribution >= 4 is 23.7 Å². The molecular formula is C24H26N4O3. The van der Waals surface area contributed by atoms with Gasteiger partial charge in [0, 0.05) is 36.0 Å². The minimum absolute atomic E-state index is 0.0654. The van der Waals surface area contributed by atoms with Crippen molar-refractivity contribution in [2.24, 2.45) is 4.99 Å². The van der Waals surface area contributed by atoms with Crippen molar-refractivity contribution in [3.63, 3.8) is 0 Å². The number of rotatable bonds is 7.